The number of carbonyl (C=O) groups excluding carboxylic acids is 3. The Hall–Kier alpha value is -4.01. The highest BCUT2D eigenvalue weighted by Crippen LogP contribution is 2.35. The average Bonchev–Trinajstić information content (AvgIpc) is 2.91. The van der Waals surface area contributed by atoms with Crippen LogP contribution in [-0.2, 0) is 16.2 Å². The zero-order valence-electron chi connectivity index (χ0n) is 20.7. The highest BCUT2D eigenvalue weighted by molar-refractivity contribution is 14.1. The van der Waals surface area contributed by atoms with E-state index in [1.165, 1.54) is 6.08 Å². The van der Waals surface area contributed by atoms with Gasteiger partial charge in [0.05, 0.1) is 15.9 Å². The molecule has 1 N–H and O–H groups in total. The van der Waals surface area contributed by atoms with E-state index >= 15 is 0 Å². The number of barbiturate groups is 1. The Bertz CT molecular complexity index is 1480. The Balaban J connectivity index is 1.56. The number of carbonyl (C=O) groups is 3. The molecule has 0 radical (unpaired) electrons. The number of urea groups is 1. The van der Waals surface area contributed by atoms with E-state index < -0.39 is 17.8 Å². The van der Waals surface area contributed by atoms with Gasteiger partial charge in [-0.1, -0.05) is 29.7 Å². The van der Waals surface area contributed by atoms with Gasteiger partial charge in [0.2, 0.25) is 0 Å². The summed E-state index contributed by atoms with van der Waals surface area (Å²) in [4.78, 5) is 39.5. The summed E-state index contributed by atoms with van der Waals surface area (Å²) in [5.74, 6) is 2.26. The molecule has 10 heteroatoms. The lowest BCUT2D eigenvalue weighted by molar-refractivity contribution is -0.122. The summed E-state index contributed by atoms with van der Waals surface area (Å²) in [5, 5.41) is 2.86. The number of imide groups is 2. The third-order valence-corrected chi connectivity index (χ3v) is 6.51. The van der Waals surface area contributed by atoms with Gasteiger partial charge in [-0.3, -0.25) is 14.9 Å². The van der Waals surface area contributed by atoms with Crippen molar-refractivity contribution < 1.29 is 28.6 Å². The molecule has 1 saturated heterocycles. The fraction of sp³-hybridized carbons (Fsp3) is 0.138. The molecule has 0 spiro atoms. The van der Waals surface area contributed by atoms with Crippen molar-refractivity contribution in [2.75, 3.05) is 18.1 Å². The van der Waals surface area contributed by atoms with Gasteiger partial charge < -0.3 is 14.2 Å². The van der Waals surface area contributed by atoms with Crippen LogP contribution in [0, 0.1) is 15.9 Å². The van der Waals surface area contributed by atoms with Gasteiger partial charge in [0.25, 0.3) is 11.8 Å². The van der Waals surface area contributed by atoms with Crippen LogP contribution in [0.1, 0.15) is 18.1 Å². The average molecular weight is 657 g/mol. The number of rotatable bonds is 9. The number of anilines is 1. The van der Waals surface area contributed by atoms with Crippen molar-refractivity contribution in [3.63, 3.8) is 0 Å². The van der Waals surface area contributed by atoms with Crippen LogP contribution in [0.5, 0.6) is 17.2 Å². The fourth-order valence-electron chi connectivity index (χ4n) is 3.69. The summed E-state index contributed by atoms with van der Waals surface area (Å²) < 4.78 is 17.7. The summed E-state index contributed by atoms with van der Waals surface area (Å²) >= 11 is 7.97. The third kappa shape index (κ3) is 6.71. The second kappa shape index (κ2) is 12.7. The Morgan fingerprint density at radius 2 is 1.74 bits per heavy atom. The topological polar surface area (TPSA) is 94.2 Å². The molecule has 8 nitrogen and oxygen atoms in total. The molecule has 0 atom stereocenters. The maximum Gasteiger partial charge on any atom is 0.335 e. The zero-order chi connectivity index (χ0) is 27.9. The second-order valence-corrected chi connectivity index (χ2v) is 9.72. The van der Waals surface area contributed by atoms with Crippen molar-refractivity contribution in [2.45, 2.75) is 13.5 Å². The van der Waals surface area contributed by atoms with E-state index in [1.54, 1.807) is 48.5 Å². The molecular weight excluding hydrogens is 635 g/mol. The van der Waals surface area contributed by atoms with Crippen molar-refractivity contribution in [3.8, 4) is 29.6 Å². The number of amides is 4. The summed E-state index contributed by atoms with van der Waals surface area (Å²) in [7, 11) is 0. The van der Waals surface area contributed by atoms with Gasteiger partial charge in [0.1, 0.15) is 24.5 Å². The summed E-state index contributed by atoms with van der Waals surface area (Å²) in [6, 6.07) is 16.2. The van der Waals surface area contributed by atoms with Crippen molar-refractivity contribution in [1.82, 2.24) is 5.32 Å². The van der Waals surface area contributed by atoms with E-state index in [9.17, 15) is 14.4 Å². The Labute approximate surface area is 244 Å². The maximum atomic E-state index is 13.3. The predicted octanol–water partition coefficient (Wildman–Crippen LogP) is 5.60. The quantitative estimate of drug-likeness (QED) is 0.140. The minimum Gasteiger partial charge on any atom is -0.490 e. The van der Waals surface area contributed by atoms with Gasteiger partial charge in [-0.2, -0.15) is 0 Å². The first-order valence-corrected chi connectivity index (χ1v) is 13.2. The molecule has 1 aliphatic heterocycles. The lowest BCUT2D eigenvalue weighted by atomic mass is 10.1. The van der Waals surface area contributed by atoms with Crippen LogP contribution in [0.2, 0.25) is 5.02 Å². The van der Waals surface area contributed by atoms with Gasteiger partial charge in [-0.05, 0) is 95.2 Å². The number of hydrogen-bond donors (Lipinski definition) is 1. The van der Waals surface area contributed by atoms with Crippen molar-refractivity contribution in [3.05, 3.63) is 86.0 Å². The van der Waals surface area contributed by atoms with Crippen LogP contribution in [0.25, 0.3) is 6.08 Å². The minimum atomic E-state index is -0.848. The largest absolute Gasteiger partial charge is 0.490 e. The first kappa shape index (κ1) is 28.0. The number of hydrogen-bond acceptors (Lipinski definition) is 6. The standard InChI is InChI=1S/C29H22ClIN2O6/c1-3-13-38-26-24(31)15-19(16-25(26)37-4-2)14-23-27(34)32-29(36)33(28(23)35)21-9-11-22(12-10-21)39-17-18-5-7-20(30)8-6-18/h1,5-12,14-16H,4,13,17H2,2H3,(H,32,34,36)/b23-14+. The van der Waals surface area contributed by atoms with E-state index in [0.717, 1.165) is 10.5 Å². The van der Waals surface area contributed by atoms with Gasteiger partial charge >= 0.3 is 6.03 Å². The normalized spacial score (nSPS) is 14.2. The number of nitrogens with zero attached hydrogens (tertiary/aromatic N) is 1. The molecule has 1 heterocycles. The van der Waals surface area contributed by atoms with Crippen molar-refractivity contribution >= 4 is 63.8 Å². The molecule has 198 valence electrons. The van der Waals surface area contributed by atoms with Crippen LogP contribution in [-0.4, -0.2) is 31.1 Å². The van der Waals surface area contributed by atoms with Gasteiger partial charge in [-0.25, -0.2) is 9.69 Å². The fourth-order valence-corrected chi connectivity index (χ4v) is 4.59. The van der Waals surface area contributed by atoms with Gasteiger partial charge in [0.15, 0.2) is 11.5 Å². The number of benzene rings is 3. The molecule has 1 fully saturated rings. The number of halogens is 2. The summed E-state index contributed by atoms with van der Waals surface area (Å²) in [5.41, 5.74) is 1.50. The first-order valence-electron chi connectivity index (χ1n) is 11.7. The molecule has 0 bridgehead atoms. The lowest BCUT2D eigenvalue weighted by Gasteiger charge is -2.26. The number of nitrogens with one attached hydrogen (secondary N) is 1. The zero-order valence-corrected chi connectivity index (χ0v) is 23.6. The minimum absolute atomic E-state index is 0.0550. The molecule has 4 amide bonds. The van der Waals surface area contributed by atoms with E-state index in [1.807, 2.05) is 19.1 Å². The summed E-state index contributed by atoms with van der Waals surface area (Å²) in [6.45, 7) is 2.55. The first-order chi connectivity index (χ1) is 18.8. The predicted molar refractivity (Wildman–Crippen MR) is 156 cm³/mol. The van der Waals surface area contributed by atoms with Crippen molar-refractivity contribution in [2.24, 2.45) is 0 Å². The lowest BCUT2D eigenvalue weighted by Crippen LogP contribution is -2.54. The molecule has 3 aromatic carbocycles. The monoisotopic (exact) mass is 656 g/mol. The van der Waals surface area contributed by atoms with Gasteiger partial charge in [0, 0.05) is 5.02 Å². The highest BCUT2D eigenvalue weighted by Gasteiger charge is 2.37. The van der Waals surface area contributed by atoms with E-state index in [2.05, 4.69) is 33.8 Å². The van der Waals surface area contributed by atoms with Crippen molar-refractivity contribution in [1.29, 1.82) is 0 Å². The molecule has 0 aliphatic carbocycles. The molecule has 0 unspecified atom stereocenters. The van der Waals surface area contributed by atoms with E-state index in [4.69, 9.17) is 32.2 Å². The highest BCUT2D eigenvalue weighted by atomic mass is 127. The molecule has 3 aromatic rings. The summed E-state index contributed by atoms with van der Waals surface area (Å²) in [6.07, 6.45) is 6.70. The molecule has 4 rings (SSSR count). The van der Waals surface area contributed by atoms with E-state index in [0.29, 0.717) is 44.6 Å². The van der Waals surface area contributed by atoms with Crippen LogP contribution >= 0.6 is 34.2 Å². The third-order valence-electron chi connectivity index (χ3n) is 5.46. The molecule has 39 heavy (non-hydrogen) atoms. The second-order valence-electron chi connectivity index (χ2n) is 8.12. The Morgan fingerprint density at radius 3 is 2.41 bits per heavy atom. The smallest absolute Gasteiger partial charge is 0.335 e. The van der Waals surface area contributed by atoms with E-state index in [-0.39, 0.29) is 17.9 Å². The Kier molecular flexibility index (Phi) is 9.11. The van der Waals surface area contributed by atoms with Crippen LogP contribution in [0.15, 0.2) is 66.2 Å². The van der Waals surface area contributed by atoms with Crippen LogP contribution in [0.4, 0.5) is 10.5 Å². The van der Waals surface area contributed by atoms with Crippen LogP contribution < -0.4 is 24.4 Å². The molecule has 0 saturated carbocycles. The maximum absolute atomic E-state index is 13.3. The number of ether oxygens (including phenoxy) is 3. The SMILES string of the molecule is C#CCOc1c(I)cc(/C=C2\C(=O)NC(=O)N(c3ccc(OCc4ccc(Cl)cc4)cc3)C2=O)cc1OCC. The van der Waals surface area contributed by atoms with Crippen LogP contribution in [0.3, 0.4) is 0 Å². The molecule has 1 aliphatic rings. The Morgan fingerprint density at radius 1 is 1.03 bits per heavy atom. The van der Waals surface area contributed by atoms with Gasteiger partial charge in [-0.15, -0.1) is 6.42 Å². The number of terminal acetylenes is 1. The molecule has 0 aromatic heterocycles. The molecular formula is C29H22ClIN2O6.